The molecule has 0 heteroatoms. The van der Waals surface area contributed by atoms with Gasteiger partial charge in [-0.25, -0.2) is 0 Å². The van der Waals surface area contributed by atoms with Gasteiger partial charge in [0.25, 0.3) is 0 Å². The van der Waals surface area contributed by atoms with Gasteiger partial charge in [0.2, 0.25) is 0 Å². The average molecular weight is 403 g/mol. The van der Waals surface area contributed by atoms with E-state index >= 15 is 0 Å². The van der Waals surface area contributed by atoms with E-state index in [0.29, 0.717) is 16.7 Å². The summed E-state index contributed by atoms with van der Waals surface area (Å²) in [5.74, 6) is 0. The second kappa shape index (κ2) is 7.41. The van der Waals surface area contributed by atoms with Gasteiger partial charge in [0.1, 0.15) is 0 Å². The highest BCUT2D eigenvalue weighted by Crippen LogP contribution is 2.40. The predicted octanol–water partition coefficient (Wildman–Crippen LogP) is 8.40. The zero-order valence-electron chi connectivity index (χ0n) is 24.6. The van der Waals surface area contributed by atoms with Crippen LogP contribution in [0.5, 0.6) is 0 Å². The van der Waals surface area contributed by atoms with Crippen LogP contribution in [-0.2, 0) is 6.42 Å². The third-order valence-corrected chi connectivity index (χ3v) is 5.79. The van der Waals surface area contributed by atoms with Crippen molar-refractivity contribution in [3.05, 3.63) is 132 Å². The van der Waals surface area contributed by atoms with Gasteiger partial charge in [0.05, 0.1) is 11.0 Å². The lowest BCUT2D eigenvalue weighted by molar-refractivity contribution is 1.26. The van der Waals surface area contributed by atoms with E-state index in [4.69, 9.17) is 11.0 Å². The molecule has 0 N–H and O–H groups in total. The van der Waals surface area contributed by atoms with Crippen molar-refractivity contribution in [1.29, 1.82) is 0 Å². The predicted molar refractivity (Wildman–Crippen MR) is 134 cm³/mol. The van der Waals surface area contributed by atoms with Crippen LogP contribution in [0.2, 0.25) is 0 Å². The van der Waals surface area contributed by atoms with Crippen molar-refractivity contribution in [1.82, 2.24) is 0 Å². The van der Waals surface area contributed by atoms with E-state index in [9.17, 15) is 0 Å². The van der Waals surface area contributed by atoms with Crippen LogP contribution in [0.4, 0.5) is 0 Å². The number of hydrogen-bond acceptors (Lipinski definition) is 0. The molecule has 0 aromatic heterocycles. The largest absolute Gasteiger partial charge is 0.0629 e. The molecule has 0 amide bonds. The first-order valence-corrected chi connectivity index (χ1v) is 10.2. The normalized spacial score (nSPS) is 15.0. The van der Waals surface area contributed by atoms with E-state index in [-0.39, 0.29) is 76.3 Å². The van der Waals surface area contributed by atoms with Crippen molar-refractivity contribution in [3.8, 4) is 11.1 Å². The molecule has 0 radical (unpaired) electrons. The Labute approximate surface area is 193 Å². The molecule has 0 heterocycles. The minimum Gasteiger partial charge on any atom is -0.0622 e. The van der Waals surface area contributed by atoms with E-state index < -0.39 is 0 Å². The molecule has 0 nitrogen and oxygen atoms in total. The van der Waals surface area contributed by atoms with Crippen molar-refractivity contribution in [2.24, 2.45) is 0 Å². The Morgan fingerprint density at radius 1 is 0.516 bits per heavy atom. The molecule has 0 unspecified atom stereocenters. The van der Waals surface area contributed by atoms with Gasteiger partial charge in [0.15, 0.2) is 0 Å². The van der Waals surface area contributed by atoms with Gasteiger partial charge in [-0.05, 0) is 61.0 Å². The van der Waals surface area contributed by atoms with Gasteiger partial charge in [-0.3, -0.25) is 0 Å². The summed E-state index contributed by atoms with van der Waals surface area (Å²) in [6.45, 7) is 0. The van der Waals surface area contributed by atoms with Gasteiger partial charge in [-0.1, -0.05) is 121 Å². The van der Waals surface area contributed by atoms with Gasteiger partial charge < -0.3 is 0 Å². The third kappa shape index (κ3) is 3.00. The molecule has 0 spiro atoms. The molecular weight excluding hydrogens is 372 g/mol. The van der Waals surface area contributed by atoms with Crippen LogP contribution in [0, 0.1) is 0 Å². The van der Waals surface area contributed by atoms with Crippen molar-refractivity contribution in [3.63, 3.8) is 0 Å². The fourth-order valence-corrected chi connectivity index (χ4v) is 4.41. The molecule has 146 valence electrons. The quantitative estimate of drug-likeness (QED) is 0.261. The zero-order valence-corrected chi connectivity index (χ0v) is 16.6. The molecule has 6 aromatic carbocycles. The van der Waals surface area contributed by atoms with Crippen LogP contribution in [0.25, 0.3) is 43.4 Å². The Hall–Kier alpha value is -3.90. The van der Waals surface area contributed by atoms with Crippen molar-refractivity contribution in [2.75, 3.05) is 0 Å². The summed E-state index contributed by atoms with van der Waals surface area (Å²) in [6, 6.07) is 20.2. The number of benzene rings is 6. The summed E-state index contributed by atoms with van der Waals surface area (Å²) in [5.41, 5.74) is 2.33. The maximum Gasteiger partial charge on any atom is 0.0629 e. The summed E-state index contributed by atoms with van der Waals surface area (Å²) >= 11 is 0. The third-order valence-electron chi connectivity index (χ3n) is 5.79. The molecule has 0 atom stereocenters. The second-order valence-electron chi connectivity index (χ2n) is 7.53. The van der Waals surface area contributed by atoms with Crippen LogP contribution in [0.1, 0.15) is 22.1 Å². The molecule has 0 aliphatic heterocycles. The molecule has 0 bridgehead atoms. The van der Waals surface area contributed by atoms with E-state index in [1.54, 1.807) is 24.3 Å². The van der Waals surface area contributed by atoms with E-state index in [1.165, 1.54) is 0 Å². The van der Waals surface area contributed by atoms with Gasteiger partial charge >= 0.3 is 0 Å². The number of fused-ring (bicyclic) bond motifs is 3. The van der Waals surface area contributed by atoms with E-state index in [1.807, 2.05) is 48.5 Å². The molecular formula is C31H22. The Morgan fingerprint density at radius 2 is 1.10 bits per heavy atom. The van der Waals surface area contributed by atoms with E-state index in [2.05, 4.69) is 0 Å². The first-order chi connectivity index (χ1) is 18.7. The maximum atomic E-state index is 8.97. The summed E-state index contributed by atoms with van der Waals surface area (Å²) in [7, 11) is 0. The second-order valence-corrected chi connectivity index (χ2v) is 7.53. The lowest BCUT2D eigenvalue weighted by Gasteiger charge is -2.18. The van der Waals surface area contributed by atoms with Crippen LogP contribution in [0.3, 0.4) is 0 Å². The standard InChI is InChI=1S/C31H22/c1-2-12-23(13-3-1)31-28-19-8-6-17-26(28)30(27-18-7-9-20-29(27)31)21-24-15-10-14-22-11-4-5-16-25(22)24/h1-20H,21H2/i6D,7D,8D,9D,17D,18D,19D,20D. The molecule has 31 heavy (non-hydrogen) atoms. The topological polar surface area (TPSA) is 0 Å². The SMILES string of the molecule is [2H]c1c([2H])c([2H])c2c(-c3ccccc3)c3c([2H])c([2H])c([2H])c([2H])c3c(Cc3cccc4ccccc34)c2c1[2H]. The maximum absolute atomic E-state index is 8.97. The van der Waals surface area contributed by atoms with E-state index in [0.717, 1.165) is 16.3 Å². The first kappa shape index (κ1) is 11.5. The van der Waals surface area contributed by atoms with Crippen molar-refractivity contribution < 1.29 is 11.0 Å². The monoisotopic (exact) mass is 402 g/mol. The average Bonchev–Trinajstić information content (AvgIpc) is 2.96. The van der Waals surface area contributed by atoms with Gasteiger partial charge in [0, 0.05) is 0 Å². The molecule has 0 aliphatic rings. The zero-order chi connectivity index (χ0) is 27.6. The molecule has 0 aliphatic carbocycles. The van der Waals surface area contributed by atoms with Crippen molar-refractivity contribution in [2.45, 2.75) is 6.42 Å². The van der Waals surface area contributed by atoms with Gasteiger partial charge in [-0.2, -0.15) is 0 Å². The molecule has 6 aromatic rings. The lowest BCUT2D eigenvalue weighted by Crippen LogP contribution is -1.96. The highest BCUT2D eigenvalue weighted by Gasteiger charge is 2.15. The fraction of sp³-hybridized carbons (Fsp3) is 0.0323. The minimum atomic E-state index is -0.388. The molecule has 0 fully saturated rings. The Morgan fingerprint density at radius 3 is 1.81 bits per heavy atom. The van der Waals surface area contributed by atoms with Crippen LogP contribution in [-0.4, -0.2) is 0 Å². The molecule has 0 saturated carbocycles. The van der Waals surface area contributed by atoms with Crippen molar-refractivity contribution >= 4 is 32.3 Å². The summed E-state index contributed by atoms with van der Waals surface area (Å²) in [6.07, 6.45) is 0.216. The smallest absolute Gasteiger partial charge is 0.0622 e. The highest BCUT2D eigenvalue weighted by molar-refractivity contribution is 6.15. The summed E-state index contributed by atoms with van der Waals surface area (Å²) in [5, 5.41) is 3.01. The minimum absolute atomic E-state index is 0.216. The Balaban J connectivity index is 1.91. The van der Waals surface area contributed by atoms with Crippen LogP contribution in [0.15, 0.2) is 121 Å². The highest BCUT2D eigenvalue weighted by atomic mass is 14.2. The summed E-state index contributed by atoms with van der Waals surface area (Å²) in [4.78, 5) is 0. The van der Waals surface area contributed by atoms with Gasteiger partial charge in [-0.15, -0.1) is 0 Å². The van der Waals surface area contributed by atoms with Crippen LogP contribution < -0.4 is 0 Å². The molecule has 0 saturated heterocycles. The number of hydrogen-bond donors (Lipinski definition) is 0. The Kier molecular flexibility index (Phi) is 2.75. The molecule has 6 rings (SSSR count). The number of rotatable bonds is 3. The Bertz CT molecular complexity index is 1880. The lowest BCUT2D eigenvalue weighted by atomic mass is 9.86. The van der Waals surface area contributed by atoms with Crippen LogP contribution >= 0.6 is 0 Å². The first-order valence-electron chi connectivity index (χ1n) is 14.2. The fourth-order valence-electron chi connectivity index (χ4n) is 4.41. The summed E-state index contributed by atoms with van der Waals surface area (Å²) < 4.78 is 69.7.